The van der Waals surface area contributed by atoms with Gasteiger partial charge in [-0.2, -0.15) is 0 Å². The van der Waals surface area contributed by atoms with Gasteiger partial charge in [-0.15, -0.1) is 0 Å². The Morgan fingerprint density at radius 1 is 1.22 bits per heavy atom. The van der Waals surface area contributed by atoms with Gasteiger partial charge >= 0.3 is 0 Å². The van der Waals surface area contributed by atoms with Gasteiger partial charge in [0.05, 0.1) is 11.2 Å². The van der Waals surface area contributed by atoms with E-state index in [9.17, 15) is 4.79 Å². The summed E-state index contributed by atoms with van der Waals surface area (Å²) >= 11 is 6.01. The Morgan fingerprint density at radius 2 is 2.13 bits per heavy atom. The van der Waals surface area contributed by atoms with Crippen LogP contribution < -0.4 is 5.32 Å². The molecule has 2 aliphatic heterocycles. The van der Waals surface area contributed by atoms with Crippen LogP contribution in [0.1, 0.15) is 5.69 Å². The summed E-state index contributed by atoms with van der Waals surface area (Å²) in [5.74, 6) is 0.155. The first kappa shape index (κ1) is 14.9. The lowest BCUT2D eigenvalue weighted by Gasteiger charge is -2.42. The molecule has 0 spiro atoms. The number of nitrogens with one attached hydrogen (secondary N) is 1. The topological polar surface area (TPSA) is 48.5 Å². The molecule has 1 aromatic carbocycles. The third-order valence-electron chi connectivity index (χ3n) is 4.67. The SMILES string of the molecule is O=C1NCCN2CCN(Cc3ccc4cc(Cl)ccc4n3)C[C@@H]12. The number of pyridine rings is 1. The lowest BCUT2D eigenvalue weighted by Crippen LogP contribution is -2.63. The van der Waals surface area contributed by atoms with Crippen molar-refractivity contribution in [3.8, 4) is 0 Å². The molecule has 120 valence electrons. The molecule has 1 N–H and O–H groups in total. The molecule has 0 aliphatic carbocycles. The molecular formula is C17H19ClN4O. The number of hydrogen-bond donors (Lipinski definition) is 1. The fourth-order valence-electron chi connectivity index (χ4n) is 3.43. The molecule has 2 fully saturated rings. The quantitative estimate of drug-likeness (QED) is 0.906. The number of benzene rings is 1. The van der Waals surface area contributed by atoms with Crippen molar-refractivity contribution in [1.82, 2.24) is 20.1 Å². The van der Waals surface area contributed by atoms with Crippen LogP contribution in [0, 0.1) is 0 Å². The molecule has 3 heterocycles. The van der Waals surface area contributed by atoms with Crippen molar-refractivity contribution < 1.29 is 4.79 Å². The van der Waals surface area contributed by atoms with Crippen LogP contribution in [-0.2, 0) is 11.3 Å². The first-order chi connectivity index (χ1) is 11.2. The molecule has 2 aromatic rings. The third kappa shape index (κ3) is 3.04. The Kier molecular flexibility index (Phi) is 3.93. The Balaban J connectivity index is 1.49. The molecular weight excluding hydrogens is 312 g/mol. The Labute approximate surface area is 140 Å². The number of fused-ring (bicyclic) bond motifs is 2. The van der Waals surface area contributed by atoms with Gasteiger partial charge < -0.3 is 5.32 Å². The van der Waals surface area contributed by atoms with Crippen LogP contribution in [-0.4, -0.2) is 59.5 Å². The zero-order chi connectivity index (χ0) is 15.8. The second-order valence-electron chi connectivity index (χ2n) is 6.22. The van der Waals surface area contributed by atoms with Gasteiger partial charge in [-0.05, 0) is 24.3 Å². The van der Waals surface area contributed by atoms with Crippen molar-refractivity contribution in [1.29, 1.82) is 0 Å². The lowest BCUT2D eigenvalue weighted by molar-refractivity contribution is -0.132. The molecule has 1 aromatic heterocycles. The summed E-state index contributed by atoms with van der Waals surface area (Å²) in [5, 5.41) is 4.74. The summed E-state index contributed by atoms with van der Waals surface area (Å²) in [6.45, 7) is 5.19. The van der Waals surface area contributed by atoms with Gasteiger partial charge in [-0.25, -0.2) is 0 Å². The van der Waals surface area contributed by atoms with Gasteiger partial charge in [-0.1, -0.05) is 17.7 Å². The summed E-state index contributed by atoms with van der Waals surface area (Å²) < 4.78 is 0. The summed E-state index contributed by atoms with van der Waals surface area (Å²) in [4.78, 5) is 21.3. The normalized spacial score (nSPS) is 22.8. The van der Waals surface area contributed by atoms with Gasteiger partial charge in [0.1, 0.15) is 6.04 Å². The highest BCUT2D eigenvalue weighted by Gasteiger charge is 2.34. The number of halogens is 1. The minimum Gasteiger partial charge on any atom is -0.353 e. The molecule has 0 unspecified atom stereocenters. The van der Waals surface area contributed by atoms with Gasteiger partial charge in [0.15, 0.2) is 0 Å². The van der Waals surface area contributed by atoms with Crippen LogP contribution in [0.2, 0.25) is 5.02 Å². The molecule has 5 nitrogen and oxygen atoms in total. The van der Waals surface area contributed by atoms with E-state index in [2.05, 4.69) is 21.2 Å². The predicted molar refractivity (Wildman–Crippen MR) is 90.4 cm³/mol. The maximum Gasteiger partial charge on any atom is 0.238 e. The van der Waals surface area contributed by atoms with E-state index in [0.717, 1.165) is 60.9 Å². The Hall–Kier alpha value is -1.69. The van der Waals surface area contributed by atoms with Crippen LogP contribution in [0.25, 0.3) is 10.9 Å². The molecule has 6 heteroatoms. The number of piperazine rings is 2. The van der Waals surface area contributed by atoms with Crippen molar-refractivity contribution >= 4 is 28.4 Å². The standard InChI is InChI=1S/C17H19ClN4O/c18-13-2-4-15-12(9-13)1-3-14(20-15)10-21-7-8-22-6-5-19-17(23)16(22)11-21/h1-4,9,16H,5-8,10-11H2,(H,19,23)/t16-/m0/s1. The lowest BCUT2D eigenvalue weighted by atomic mass is 10.1. The van der Waals surface area contributed by atoms with Crippen molar-refractivity contribution in [2.45, 2.75) is 12.6 Å². The zero-order valence-corrected chi connectivity index (χ0v) is 13.6. The average molecular weight is 331 g/mol. The molecule has 2 saturated heterocycles. The van der Waals surface area contributed by atoms with Crippen LogP contribution in [0.3, 0.4) is 0 Å². The van der Waals surface area contributed by atoms with Crippen LogP contribution in [0.5, 0.6) is 0 Å². The van der Waals surface area contributed by atoms with Crippen LogP contribution >= 0.6 is 11.6 Å². The first-order valence-electron chi connectivity index (χ1n) is 7.98. The summed E-state index contributed by atoms with van der Waals surface area (Å²) in [6.07, 6.45) is 0. The maximum atomic E-state index is 12.0. The second-order valence-corrected chi connectivity index (χ2v) is 6.65. The predicted octanol–water partition coefficient (Wildman–Crippen LogP) is 1.50. The minimum atomic E-state index is -0.0169. The smallest absolute Gasteiger partial charge is 0.238 e. The molecule has 4 rings (SSSR count). The Bertz CT molecular complexity index is 750. The number of amides is 1. The molecule has 1 atom stereocenters. The number of carbonyl (C=O) groups excluding carboxylic acids is 1. The van der Waals surface area contributed by atoms with E-state index in [0.29, 0.717) is 0 Å². The van der Waals surface area contributed by atoms with Crippen LogP contribution in [0.15, 0.2) is 30.3 Å². The van der Waals surface area contributed by atoms with E-state index in [1.807, 2.05) is 24.3 Å². The second kappa shape index (κ2) is 6.07. The van der Waals surface area contributed by atoms with Gasteiger partial charge in [0, 0.05) is 49.7 Å². The largest absolute Gasteiger partial charge is 0.353 e. The number of hydrogen-bond acceptors (Lipinski definition) is 4. The first-order valence-corrected chi connectivity index (χ1v) is 8.36. The zero-order valence-electron chi connectivity index (χ0n) is 12.8. The summed E-state index contributed by atoms with van der Waals surface area (Å²) in [5.41, 5.74) is 1.99. The average Bonchev–Trinajstić information content (AvgIpc) is 2.56. The van der Waals surface area contributed by atoms with E-state index in [1.54, 1.807) is 0 Å². The number of nitrogens with zero attached hydrogens (tertiary/aromatic N) is 3. The molecule has 0 saturated carbocycles. The van der Waals surface area contributed by atoms with Gasteiger partial charge in [0.2, 0.25) is 5.91 Å². The number of aromatic nitrogens is 1. The van der Waals surface area contributed by atoms with Crippen molar-refractivity contribution in [3.63, 3.8) is 0 Å². The van der Waals surface area contributed by atoms with E-state index < -0.39 is 0 Å². The van der Waals surface area contributed by atoms with Gasteiger partial charge in [0.25, 0.3) is 0 Å². The highest BCUT2D eigenvalue weighted by atomic mass is 35.5. The highest BCUT2D eigenvalue weighted by molar-refractivity contribution is 6.31. The molecule has 0 radical (unpaired) electrons. The number of carbonyl (C=O) groups is 1. The molecule has 2 aliphatic rings. The van der Waals surface area contributed by atoms with E-state index in [-0.39, 0.29) is 11.9 Å². The fraction of sp³-hybridized carbons (Fsp3) is 0.412. The minimum absolute atomic E-state index is 0.0169. The van der Waals surface area contributed by atoms with Crippen LogP contribution in [0.4, 0.5) is 0 Å². The maximum absolute atomic E-state index is 12.0. The Morgan fingerprint density at radius 3 is 3.04 bits per heavy atom. The van der Waals surface area contributed by atoms with Crippen molar-refractivity contribution in [3.05, 3.63) is 41.0 Å². The third-order valence-corrected chi connectivity index (χ3v) is 4.91. The highest BCUT2D eigenvalue weighted by Crippen LogP contribution is 2.20. The van der Waals surface area contributed by atoms with Crippen molar-refractivity contribution in [2.75, 3.05) is 32.7 Å². The van der Waals surface area contributed by atoms with E-state index in [4.69, 9.17) is 16.6 Å². The molecule has 23 heavy (non-hydrogen) atoms. The fourth-order valence-corrected chi connectivity index (χ4v) is 3.61. The number of rotatable bonds is 2. The molecule has 0 bridgehead atoms. The molecule has 1 amide bonds. The van der Waals surface area contributed by atoms with Gasteiger partial charge in [-0.3, -0.25) is 19.6 Å². The monoisotopic (exact) mass is 330 g/mol. The summed E-state index contributed by atoms with van der Waals surface area (Å²) in [7, 11) is 0. The van der Waals surface area contributed by atoms with Crippen molar-refractivity contribution in [2.24, 2.45) is 0 Å². The summed E-state index contributed by atoms with van der Waals surface area (Å²) in [6, 6.07) is 9.84. The van der Waals surface area contributed by atoms with E-state index in [1.165, 1.54) is 0 Å². The van der Waals surface area contributed by atoms with E-state index >= 15 is 0 Å².